The van der Waals surface area contributed by atoms with E-state index in [1.54, 1.807) is 0 Å². The number of hydrogen-bond donors (Lipinski definition) is 0. The van der Waals surface area contributed by atoms with Gasteiger partial charge in [-0.05, 0) is 24.5 Å². The van der Waals surface area contributed by atoms with E-state index in [0.717, 1.165) is 24.2 Å². The normalized spacial score (nSPS) is 12.6. The number of nitrogens with zero attached hydrogens (tertiary/aromatic N) is 4. The fourth-order valence-corrected chi connectivity index (χ4v) is 2.37. The zero-order chi connectivity index (χ0) is 15.8. The Labute approximate surface area is 128 Å². The molecule has 2 aromatic heterocycles. The average molecular weight is 288 g/mol. The molecule has 0 atom stereocenters. The van der Waals surface area contributed by atoms with Crippen LogP contribution >= 0.6 is 0 Å². The molecule has 0 saturated heterocycles. The second kappa shape index (κ2) is 8.45. The van der Waals surface area contributed by atoms with E-state index in [0.29, 0.717) is 0 Å². The molecule has 3 rings (SSSR count). The number of aromatic nitrogens is 3. The van der Waals surface area contributed by atoms with E-state index in [1.807, 2.05) is 58.0 Å². The lowest BCUT2D eigenvalue weighted by Gasteiger charge is -2.27. The summed E-state index contributed by atoms with van der Waals surface area (Å²) < 4.78 is 1.81. The first-order valence-corrected chi connectivity index (χ1v) is 7.93. The van der Waals surface area contributed by atoms with Crippen molar-refractivity contribution >= 4 is 5.69 Å². The lowest BCUT2D eigenvalue weighted by atomic mass is 10.0. The lowest BCUT2D eigenvalue weighted by Crippen LogP contribution is -2.24. The van der Waals surface area contributed by atoms with Gasteiger partial charge < -0.3 is 4.90 Å². The molecule has 0 saturated carbocycles. The molecule has 0 aromatic carbocycles. The second-order valence-corrected chi connectivity index (χ2v) is 4.63. The van der Waals surface area contributed by atoms with Gasteiger partial charge in [-0.3, -0.25) is 9.67 Å². The number of aryl methyl sites for hydroxylation is 2. The maximum Gasteiger partial charge on any atom is 0.0737 e. The van der Waals surface area contributed by atoms with Gasteiger partial charge in [-0.2, -0.15) is 5.10 Å². The largest absolute Gasteiger partial charge is 0.373 e. The molecule has 4 heteroatoms. The molecular weight excluding hydrogens is 260 g/mol. The number of rotatable bonds is 1. The zero-order valence-electron chi connectivity index (χ0n) is 14.2. The van der Waals surface area contributed by atoms with Crippen LogP contribution in [0.1, 0.15) is 39.7 Å². The third kappa shape index (κ3) is 4.06. The molecule has 116 valence electrons. The number of pyridine rings is 1. The topological polar surface area (TPSA) is 34.0 Å². The monoisotopic (exact) mass is 288 g/mol. The predicted molar refractivity (Wildman–Crippen MR) is 90.7 cm³/mol. The molecule has 4 nitrogen and oxygen atoms in total. The Hall–Kier alpha value is -1.84. The molecule has 0 bridgehead atoms. The molecule has 2 aromatic rings. The van der Waals surface area contributed by atoms with Gasteiger partial charge >= 0.3 is 0 Å². The van der Waals surface area contributed by atoms with Crippen molar-refractivity contribution < 1.29 is 0 Å². The lowest BCUT2D eigenvalue weighted by molar-refractivity contribution is 0.741. The van der Waals surface area contributed by atoms with Crippen LogP contribution in [0.4, 0.5) is 5.69 Å². The first-order chi connectivity index (χ1) is 10.2. The fraction of sp³-hybridized carbons (Fsp3) is 0.529. The van der Waals surface area contributed by atoms with Gasteiger partial charge in [0.1, 0.15) is 0 Å². The molecule has 0 N–H and O–H groups in total. The first kappa shape index (κ1) is 17.2. The summed E-state index contributed by atoms with van der Waals surface area (Å²) in [6.07, 6.45) is 8.22. The van der Waals surface area contributed by atoms with E-state index in [9.17, 15) is 0 Å². The van der Waals surface area contributed by atoms with Crippen molar-refractivity contribution in [3.05, 3.63) is 30.2 Å². The van der Waals surface area contributed by atoms with E-state index >= 15 is 0 Å². The summed E-state index contributed by atoms with van der Waals surface area (Å²) in [7, 11) is 4.05. The molecule has 0 aliphatic carbocycles. The fourth-order valence-electron chi connectivity index (χ4n) is 2.37. The molecule has 21 heavy (non-hydrogen) atoms. The number of hydrogen-bond acceptors (Lipinski definition) is 3. The van der Waals surface area contributed by atoms with Gasteiger partial charge in [-0.25, -0.2) is 0 Å². The molecular formula is C17H28N4. The zero-order valence-corrected chi connectivity index (χ0v) is 14.2. The van der Waals surface area contributed by atoms with Crippen LogP contribution in [-0.4, -0.2) is 28.4 Å². The summed E-state index contributed by atoms with van der Waals surface area (Å²) in [5.74, 6) is 0. The smallest absolute Gasteiger partial charge is 0.0737 e. The van der Waals surface area contributed by atoms with Crippen LogP contribution in [0, 0.1) is 0 Å². The van der Waals surface area contributed by atoms with Gasteiger partial charge in [0, 0.05) is 32.4 Å². The van der Waals surface area contributed by atoms with Crippen LogP contribution in [0.15, 0.2) is 24.7 Å². The van der Waals surface area contributed by atoms with E-state index in [-0.39, 0.29) is 0 Å². The molecule has 0 radical (unpaired) electrons. The number of fused-ring (bicyclic) bond motifs is 1. The van der Waals surface area contributed by atoms with Crippen LogP contribution < -0.4 is 4.90 Å². The highest BCUT2D eigenvalue weighted by Crippen LogP contribution is 2.28. The van der Waals surface area contributed by atoms with Gasteiger partial charge in [0.25, 0.3) is 0 Å². The Morgan fingerprint density at radius 1 is 1.05 bits per heavy atom. The van der Waals surface area contributed by atoms with Crippen molar-refractivity contribution in [2.45, 2.75) is 40.5 Å². The minimum Gasteiger partial charge on any atom is -0.373 e. The van der Waals surface area contributed by atoms with Crippen molar-refractivity contribution in [1.29, 1.82) is 0 Å². The molecule has 0 spiro atoms. The third-order valence-corrected chi connectivity index (χ3v) is 3.32. The van der Waals surface area contributed by atoms with Crippen LogP contribution in [-0.2, 0) is 13.5 Å². The quantitative estimate of drug-likeness (QED) is 0.797. The SMILES string of the molecule is CC.CC.CN1CCCc2cc(-c3cnn(C)c3)ncc21. The Morgan fingerprint density at radius 3 is 2.38 bits per heavy atom. The van der Waals surface area contributed by atoms with Crippen LogP contribution in [0.5, 0.6) is 0 Å². The van der Waals surface area contributed by atoms with E-state index in [1.165, 1.54) is 17.7 Å². The third-order valence-electron chi connectivity index (χ3n) is 3.32. The summed E-state index contributed by atoms with van der Waals surface area (Å²) in [6.45, 7) is 9.13. The van der Waals surface area contributed by atoms with Gasteiger partial charge in [-0.1, -0.05) is 27.7 Å². The van der Waals surface area contributed by atoms with Crippen LogP contribution in [0.2, 0.25) is 0 Å². The molecule has 0 amide bonds. The molecule has 1 aliphatic heterocycles. The van der Waals surface area contributed by atoms with Gasteiger partial charge in [0.15, 0.2) is 0 Å². The van der Waals surface area contributed by atoms with E-state index in [4.69, 9.17) is 0 Å². The average Bonchev–Trinajstić information content (AvgIpc) is 2.98. The summed E-state index contributed by atoms with van der Waals surface area (Å²) >= 11 is 0. The Morgan fingerprint density at radius 2 is 1.76 bits per heavy atom. The van der Waals surface area contributed by atoms with Crippen molar-refractivity contribution in [2.24, 2.45) is 7.05 Å². The Bertz CT molecular complexity index is 545. The maximum atomic E-state index is 4.53. The number of anilines is 1. The molecule has 1 aliphatic rings. The summed E-state index contributed by atoms with van der Waals surface area (Å²) in [6, 6.07) is 2.20. The van der Waals surface area contributed by atoms with E-state index < -0.39 is 0 Å². The molecule has 0 unspecified atom stereocenters. The predicted octanol–water partition coefficient (Wildman–Crippen LogP) is 3.92. The van der Waals surface area contributed by atoms with Gasteiger partial charge in [0.05, 0.1) is 23.8 Å². The molecule has 0 fully saturated rings. The Balaban J connectivity index is 0.000000510. The maximum absolute atomic E-state index is 4.53. The van der Waals surface area contributed by atoms with Crippen molar-refractivity contribution in [1.82, 2.24) is 14.8 Å². The highest BCUT2D eigenvalue weighted by Gasteiger charge is 2.15. The van der Waals surface area contributed by atoms with E-state index in [2.05, 4.69) is 28.1 Å². The second-order valence-electron chi connectivity index (χ2n) is 4.63. The standard InChI is InChI=1S/C13H16N4.2C2H6/c1-16-5-3-4-10-6-12(14-8-13(10)16)11-7-15-17(2)9-11;2*1-2/h6-9H,3-5H2,1-2H3;2*1-2H3. The summed E-state index contributed by atoms with van der Waals surface area (Å²) in [4.78, 5) is 6.81. The van der Waals surface area contributed by atoms with Crippen LogP contribution in [0.25, 0.3) is 11.3 Å². The summed E-state index contributed by atoms with van der Waals surface area (Å²) in [5, 5.41) is 4.19. The first-order valence-electron chi connectivity index (χ1n) is 7.93. The van der Waals surface area contributed by atoms with Crippen molar-refractivity contribution in [3.63, 3.8) is 0 Å². The van der Waals surface area contributed by atoms with Gasteiger partial charge in [-0.15, -0.1) is 0 Å². The molecule has 3 heterocycles. The van der Waals surface area contributed by atoms with Crippen molar-refractivity contribution in [3.8, 4) is 11.3 Å². The Kier molecular flexibility index (Phi) is 6.92. The van der Waals surface area contributed by atoms with Crippen molar-refractivity contribution in [2.75, 3.05) is 18.5 Å². The highest BCUT2D eigenvalue weighted by atomic mass is 15.2. The minimum absolute atomic E-state index is 1.02. The van der Waals surface area contributed by atoms with Crippen LogP contribution in [0.3, 0.4) is 0 Å². The summed E-state index contributed by atoms with van der Waals surface area (Å²) in [5.41, 5.74) is 4.77. The highest BCUT2D eigenvalue weighted by molar-refractivity contribution is 5.64. The van der Waals surface area contributed by atoms with Gasteiger partial charge in [0.2, 0.25) is 0 Å². The minimum atomic E-state index is 1.02.